The number of nitrogens with one attached hydrogen (secondary N) is 2. The molecule has 2 amide bonds. The van der Waals surface area contributed by atoms with Crippen LogP contribution in [0, 0.1) is 17.3 Å². The molecule has 2 aliphatic rings. The zero-order valence-electron chi connectivity index (χ0n) is 36.2. The van der Waals surface area contributed by atoms with Gasteiger partial charge >= 0.3 is 35.4 Å². The molecule has 0 spiro atoms. The third-order valence-corrected chi connectivity index (χ3v) is 14.7. The molecule has 2 aromatic heterocycles. The van der Waals surface area contributed by atoms with Gasteiger partial charge in [0.2, 0.25) is 11.8 Å². The molecule has 27 nitrogen and oxygen atoms in total. The number of aliphatic hydroxyl groups is 2. The number of esters is 1. The van der Waals surface area contributed by atoms with Crippen LogP contribution in [0.2, 0.25) is 0 Å². The van der Waals surface area contributed by atoms with Gasteiger partial charge in [0.05, 0.1) is 37.3 Å². The van der Waals surface area contributed by atoms with E-state index >= 15 is 0 Å². The molecule has 11 N–H and O–H groups in total. The van der Waals surface area contributed by atoms with Crippen LogP contribution >= 0.6 is 35.2 Å². The maximum Gasteiger partial charge on any atom is 0.481 e. The van der Waals surface area contributed by atoms with Gasteiger partial charge < -0.3 is 60.7 Å². The number of unbranched alkanes of at least 4 members (excludes halogenated alkanes) is 5. The van der Waals surface area contributed by atoms with Crippen LogP contribution in [0.4, 0.5) is 5.69 Å². The Labute approximate surface area is 382 Å². The van der Waals surface area contributed by atoms with Crippen molar-refractivity contribution in [2.24, 2.45) is 17.3 Å². The monoisotopic (exact) mass is 1020 g/mol. The molecule has 2 fully saturated rings. The molecule has 66 heavy (non-hydrogen) atoms. The number of carboxylic acids is 1. The van der Waals surface area contributed by atoms with Crippen molar-refractivity contribution in [2.45, 2.75) is 109 Å². The van der Waals surface area contributed by atoms with E-state index in [0.29, 0.717) is 12.2 Å². The maximum atomic E-state index is 12.7. The van der Waals surface area contributed by atoms with Gasteiger partial charge in [-0.2, -0.15) is 21.2 Å². The molecule has 31 heteroatoms. The lowest BCUT2D eigenvalue weighted by atomic mass is 9.87. The van der Waals surface area contributed by atoms with Crippen molar-refractivity contribution < 1.29 is 95.1 Å². The van der Waals surface area contributed by atoms with E-state index in [-0.39, 0.29) is 42.1 Å². The van der Waals surface area contributed by atoms with Crippen molar-refractivity contribution in [3.8, 4) is 0 Å². The maximum absolute atomic E-state index is 12.7. The zero-order chi connectivity index (χ0) is 49.0. The third-order valence-electron chi connectivity index (χ3n) is 10.5. The number of imidazole rings is 1. The molecular weight excluding hydrogens is 963 g/mol. The van der Waals surface area contributed by atoms with Crippen LogP contribution in [0.3, 0.4) is 0 Å². The molecule has 4 rings (SSSR count). The zero-order valence-corrected chi connectivity index (χ0v) is 39.7. The number of nitrogens with zero attached hydrogens (tertiary/aromatic N) is 4. The fraction of sp³-hybridized carbons (Fsp3) is 0.743. The summed E-state index contributed by atoms with van der Waals surface area (Å²) in [6.45, 7) is 2.45. The quantitative estimate of drug-likeness (QED) is 0.0310. The van der Waals surface area contributed by atoms with Crippen LogP contribution in [0.1, 0.15) is 78.4 Å². The first-order valence-corrected chi connectivity index (χ1v) is 26.4. The minimum absolute atomic E-state index is 0.0280. The fourth-order valence-electron chi connectivity index (χ4n) is 6.99. The van der Waals surface area contributed by atoms with Gasteiger partial charge in [-0.1, -0.05) is 52.9 Å². The van der Waals surface area contributed by atoms with Crippen molar-refractivity contribution in [1.82, 2.24) is 30.4 Å². The summed E-state index contributed by atoms with van der Waals surface area (Å²) in [5.74, 6) is -4.34. The Morgan fingerprint density at radius 1 is 1.02 bits per heavy atom. The minimum atomic E-state index is -5.60. The summed E-state index contributed by atoms with van der Waals surface area (Å²) in [6.07, 6.45) is -1.08. The van der Waals surface area contributed by atoms with Gasteiger partial charge in [0.25, 0.3) is 0 Å². The topological polar surface area (TPSA) is 410 Å². The van der Waals surface area contributed by atoms with Crippen LogP contribution in [-0.4, -0.2) is 147 Å². The number of phosphoric acid groups is 3. The molecule has 3 unspecified atom stereocenters. The smallest absolute Gasteiger partial charge is 0.481 e. The number of carbonyl (C=O) groups excluding carboxylic acids is 3. The lowest BCUT2D eigenvalue weighted by Gasteiger charge is -2.30. The van der Waals surface area contributed by atoms with Crippen molar-refractivity contribution in [2.75, 3.05) is 43.5 Å². The number of amides is 2. The first kappa shape index (κ1) is 55.4. The van der Waals surface area contributed by atoms with Crippen molar-refractivity contribution in [3.63, 3.8) is 0 Å². The Morgan fingerprint density at radius 3 is 2.38 bits per heavy atom. The van der Waals surface area contributed by atoms with E-state index in [2.05, 4.69) is 41.6 Å². The second-order valence-corrected chi connectivity index (χ2v) is 21.6. The molecular formula is C35H58N7O20P3S. The highest BCUT2D eigenvalue weighted by molar-refractivity contribution is 7.99. The first-order chi connectivity index (χ1) is 30.9. The molecule has 4 heterocycles. The van der Waals surface area contributed by atoms with Gasteiger partial charge in [-0.05, 0) is 12.8 Å². The number of hydrogen-bond acceptors (Lipinski definition) is 20. The number of fused-ring (bicyclic) bond motifs is 1. The van der Waals surface area contributed by atoms with Crippen LogP contribution in [0.15, 0.2) is 12.5 Å². The second kappa shape index (κ2) is 24.4. The summed E-state index contributed by atoms with van der Waals surface area (Å²) in [6, 6.07) is 0. The summed E-state index contributed by atoms with van der Waals surface area (Å²) in [5.41, 5.74) is 4.35. The molecule has 2 saturated heterocycles. The van der Waals surface area contributed by atoms with Gasteiger partial charge in [0.1, 0.15) is 42.0 Å². The second-order valence-electron chi connectivity index (χ2n) is 16.2. The summed E-state index contributed by atoms with van der Waals surface area (Å²) in [7, 11) is -16.5. The Morgan fingerprint density at radius 2 is 1.70 bits per heavy atom. The summed E-state index contributed by atoms with van der Waals surface area (Å²) in [5, 5.41) is 43.9. The number of aromatic nitrogens is 4. The number of aliphatic carboxylic acids is 1. The van der Waals surface area contributed by atoms with Gasteiger partial charge in [-0.25, -0.2) is 18.7 Å². The lowest BCUT2D eigenvalue weighted by molar-refractivity contribution is -0.145. The number of carboxylic acid groups (broad SMARTS) is 1. The molecule has 0 aliphatic carbocycles. The van der Waals surface area contributed by atoms with Crippen molar-refractivity contribution in [1.29, 1.82) is 0 Å². The Hall–Kier alpha value is -3.17. The van der Waals surface area contributed by atoms with Gasteiger partial charge in [-0.3, -0.25) is 37.3 Å². The fourth-order valence-corrected chi connectivity index (χ4v) is 10.8. The number of nitrogens with two attached hydrogens (primary N) is 1. The number of hydrogen-bond donors (Lipinski definition) is 10. The standard InChI is InChI=1S/C35H58N7O20P3S/c1-4-5-6-7-8-9-10-22-25(33(47)48)20(34(49)60-22)17-66-14-13-37-24(43)11-12-38-31(46)29(45)35(2,3)18-58-65(55,56)62-64(53,54)57-16-23-28(61-63(50,51)52)27(44)32(59-23)42-19-39-26-21(36)15-40-41-30(26)42/h15,19-20,22-23,25,27-29,32,44-45H,4-14,16-18H2,1-3H3,(H2,36,41)(H,37,43)(H,38,46)(H,47,48)(H,53,54)(H,55,56)(H2,50,51,52)/t20?,22-,23-,25+,27-,28-,29+,32-/m1/s1. The average molecular weight is 1020 g/mol. The highest BCUT2D eigenvalue weighted by atomic mass is 32.2. The normalized spacial score (nSPS) is 24.7. The summed E-state index contributed by atoms with van der Waals surface area (Å²) in [4.78, 5) is 93.0. The number of carbonyl (C=O) groups is 4. The highest BCUT2D eigenvalue weighted by Gasteiger charge is 2.51. The number of nitrogen functional groups attached to an aromatic ring is 1. The minimum Gasteiger partial charge on any atom is -0.481 e. The molecule has 374 valence electrons. The number of cyclic esters (lactones) is 1. The Balaban J connectivity index is 1.17. The molecule has 10 atom stereocenters. The van der Waals surface area contributed by atoms with Crippen LogP contribution in [-0.2, 0) is 60.2 Å². The van der Waals surface area contributed by atoms with Gasteiger partial charge in [-0.15, -0.1) is 5.10 Å². The summed E-state index contributed by atoms with van der Waals surface area (Å²) < 4.78 is 67.8. The molecule has 0 radical (unpaired) electrons. The van der Waals surface area contributed by atoms with Crippen LogP contribution in [0.5, 0.6) is 0 Å². The van der Waals surface area contributed by atoms with E-state index in [9.17, 15) is 67.8 Å². The van der Waals surface area contributed by atoms with Gasteiger partial charge in [0.15, 0.2) is 11.9 Å². The average Bonchev–Trinajstić information content (AvgIpc) is 3.89. The van der Waals surface area contributed by atoms with Crippen LogP contribution < -0.4 is 16.4 Å². The van der Waals surface area contributed by atoms with E-state index in [0.717, 1.165) is 49.4 Å². The number of anilines is 1. The van der Waals surface area contributed by atoms with E-state index in [1.165, 1.54) is 31.8 Å². The van der Waals surface area contributed by atoms with Crippen molar-refractivity contribution >= 4 is 75.8 Å². The predicted octanol–water partition coefficient (Wildman–Crippen LogP) is 1.13. The van der Waals surface area contributed by atoms with E-state index in [1.54, 1.807) is 0 Å². The number of aliphatic hydroxyl groups excluding tert-OH is 2. The number of phosphoric ester groups is 3. The number of rotatable bonds is 29. The van der Waals surface area contributed by atoms with Crippen molar-refractivity contribution in [3.05, 3.63) is 12.5 Å². The molecule has 0 bridgehead atoms. The third kappa shape index (κ3) is 16.2. The molecule has 0 aromatic carbocycles. The molecule has 0 saturated carbocycles. The number of ether oxygens (including phenoxy) is 2. The molecule has 2 aromatic rings. The van der Waals surface area contributed by atoms with E-state index < -0.39 is 114 Å². The SMILES string of the molecule is CCCCCCCC[C@H]1OC(=O)C(CSCCNC(=O)CCNC(=O)[C@H](O)C(C)(C)COP(=O)(O)OP(=O)(O)OC[C@H]2O[C@@H](n3cnc4c(N)cnnc43)[C@H](O)[C@@H]2OP(=O)(O)O)[C@@H]1C(=O)O. The molecule has 2 aliphatic heterocycles. The first-order valence-electron chi connectivity index (χ1n) is 20.8. The van der Waals surface area contributed by atoms with E-state index in [4.69, 9.17) is 24.3 Å². The highest BCUT2D eigenvalue weighted by Crippen LogP contribution is 2.61. The summed E-state index contributed by atoms with van der Waals surface area (Å²) >= 11 is 1.28. The largest absolute Gasteiger partial charge is 0.481 e. The van der Waals surface area contributed by atoms with Crippen LogP contribution in [0.25, 0.3) is 11.2 Å². The lowest BCUT2D eigenvalue weighted by Crippen LogP contribution is -2.46. The number of thioether (sulfide) groups is 1. The predicted molar refractivity (Wildman–Crippen MR) is 229 cm³/mol. The van der Waals surface area contributed by atoms with Gasteiger partial charge in [0, 0.05) is 36.4 Å². The Kier molecular flexibility index (Phi) is 20.5. The Bertz CT molecular complexity index is 2130. The van der Waals surface area contributed by atoms with E-state index in [1.807, 2.05) is 0 Å².